The average molecular weight is 297 g/mol. The van der Waals surface area contributed by atoms with Crippen molar-refractivity contribution in [3.63, 3.8) is 0 Å². The molecule has 0 heterocycles. The standard InChI is InChI=1S/C12H15ClF2O2S/c1-3-11(8(2)13)9-4-6-10(7-5-9)18(16,17)12(14)15/h4-8,11-12H,3H2,1-2H3. The van der Waals surface area contributed by atoms with E-state index in [1.54, 1.807) is 12.1 Å². The summed E-state index contributed by atoms with van der Waals surface area (Å²) in [6.07, 6.45) is 0.797. The molecule has 2 unspecified atom stereocenters. The first-order chi connectivity index (χ1) is 8.30. The van der Waals surface area contributed by atoms with Crippen molar-refractivity contribution in [3.05, 3.63) is 29.8 Å². The molecule has 102 valence electrons. The Morgan fingerprint density at radius 3 is 2.06 bits per heavy atom. The van der Waals surface area contributed by atoms with E-state index in [-0.39, 0.29) is 16.2 Å². The predicted octanol–water partition coefficient (Wildman–Crippen LogP) is 3.80. The largest absolute Gasteiger partial charge is 0.341 e. The zero-order valence-corrected chi connectivity index (χ0v) is 11.7. The maximum absolute atomic E-state index is 12.3. The van der Waals surface area contributed by atoms with Crippen molar-refractivity contribution < 1.29 is 17.2 Å². The van der Waals surface area contributed by atoms with Gasteiger partial charge in [0.15, 0.2) is 0 Å². The third-order valence-electron chi connectivity index (χ3n) is 2.87. The van der Waals surface area contributed by atoms with Crippen molar-refractivity contribution in [1.82, 2.24) is 0 Å². The Labute approximate surface area is 111 Å². The highest BCUT2D eigenvalue weighted by molar-refractivity contribution is 7.91. The van der Waals surface area contributed by atoms with Gasteiger partial charge in [-0.2, -0.15) is 8.78 Å². The lowest BCUT2D eigenvalue weighted by molar-refractivity contribution is 0.234. The van der Waals surface area contributed by atoms with Crippen LogP contribution in [0.15, 0.2) is 29.2 Å². The van der Waals surface area contributed by atoms with Crippen LogP contribution in [0.1, 0.15) is 31.7 Å². The number of rotatable bonds is 5. The summed E-state index contributed by atoms with van der Waals surface area (Å²) < 4.78 is 47.2. The average Bonchev–Trinajstić information content (AvgIpc) is 2.30. The summed E-state index contributed by atoms with van der Waals surface area (Å²) in [6.45, 7) is 3.81. The van der Waals surface area contributed by atoms with Gasteiger partial charge in [0.2, 0.25) is 9.84 Å². The molecule has 0 radical (unpaired) electrons. The van der Waals surface area contributed by atoms with E-state index in [1.165, 1.54) is 12.1 Å². The molecule has 0 saturated heterocycles. The van der Waals surface area contributed by atoms with Crippen LogP contribution in [0.5, 0.6) is 0 Å². The Morgan fingerprint density at radius 1 is 1.22 bits per heavy atom. The van der Waals surface area contributed by atoms with Crippen LogP contribution < -0.4 is 0 Å². The van der Waals surface area contributed by atoms with Gasteiger partial charge in [0.1, 0.15) is 0 Å². The summed E-state index contributed by atoms with van der Waals surface area (Å²) in [5.41, 5.74) is 0.855. The van der Waals surface area contributed by atoms with E-state index in [9.17, 15) is 17.2 Å². The van der Waals surface area contributed by atoms with Gasteiger partial charge < -0.3 is 0 Å². The summed E-state index contributed by atoms with van der Waals surface area (Å²) >= 11 is 6.02. The molecule has 2 atom stereocenters. The molecule has 1 rings (SSSR count). The van der Waals surface area contributed by atoms with Crippen molar-refractivity contribution in [2.75, 3.05) is 0 Å². The van der Waals surface area contributed by atoms with E-state index in [1.807, 2.05) is 13.8 Å². The van der Waals surface area contributed by atoms with Gasteiger partial charge in [-0.15, -0.1) is 11.6 Å². The summed E-state index contributed by atoms with van der Waals surface area (Å²) in [6, 6.07) is 5.50. The number of benzene rings is 1. The minimum absolute atomic E-state index is 0.0787. The lowest BCUT2D eigenvalue weighted by Crippen LogP contribution is -2.12. The van der Waals surface area contributed by atoms with Crippen LogP contribution >= 0.6 is 11.6 Å². The zero-order chi connectivity index (χ0) is 13.9. The lowest BCUT2D eigenvalue weighted by Gasteiger charge is -2.18. The molecule has 0 aliphatic rings. The molecule has 18 heavy (non-hydrogen) atoms. The van der Waals surface area contributed by atoms with Crippen LogP contribution in [-0.4, -0.2) is 19.6 Å². The molecule has 2 nitrogen and oxygen atoms in total. The van der Waals surface area contributed by atoms with Crippen LogP contribution in [0.3, 0.4) is 0 Å². The molecule has 0 spiro atoms. The van der Waals surface area contributed by atoms with Crippen LogP contribution in [0, 0.1) is 0 Å². The molecular weight excluding hydrogens is 282 g/mol. The Kier molecular flexibility index (Phi) is 5.10. The minimum Gasteiger partial charge on any atom is -0.218 e. The zero-order valence-electron chi connectivity index (χ0n) is 10.1. The number of halogens is 3. The maximum Gasteiger partial charge on any atom is 0.341 e. The Bertz CT molecular complexity index is 483. The van der Waals surface area contributed by atoms with Crippen LogP contribution in [0.4, 0.5) is 8.78 Å². The highest BCUT2D eigenvalue weighted by atomic mass is 35.5. The number of alkyl halides is 3. The SMILES string of the molecule is CCC(c1ccc(S(=O)(=O)C(F)F)cc1)C(C)Cl. The molecule has 0 saturated carbocycles. The van der Waals surface area contributed by atoms with Gasteiger partial charge in [-0.1, -0.05) is 19.1 Å². The van der Waals surface area contributed by atoms with Crippen LogP contribution in [0.2, 0.25) is 0 Å². The van der Waals surface area contributed by atoms with Crippen molar-refractivity contribution in [2.45, 2.75) is 42.2 Å². The summed E-state index contributed by atoms with van der Waals surface area (Å²) in [5.74, 6) is -3.31. The molecule has 0 N–H and O–H groups in total. The second-order valence-corrected chi connectivity index (χ2v) is 6.67. The predicted molar refractivity (Wildman–Crippen MR) is 68.0 cm³/mol. The monoisotopic (exact) mass is 296 g/mol. The summed E-state index contributed by atoms with van der Waals surface area (Å²) in [5, 5.41) is -0.104. The summed E-state index contributed by atoms with van der Waals surface area (Å²) in [7, 11) is -4.51. The first-order valence-electron chi connectivity index (χ1n) is 5.56. The van der Waals surface area contributed by atoms with Gasteiger partial charge >= 0.3 is 5.76 Å². The fourth-order valence-corrected chi connectivity index (χ4v) is 2.88. The van der Waals surface area contributed by atoms with E-state index in [0.29, 0.717) is 0 Å². The van der Waals surface area contributed by atoms with Gasteiger partial charge in [0.05, 0.1) is 4.90 Å². The highest BCUT2D eigenvalue weighted by Crippen LogP contribution is 2.28. The van der Waals surface area contributed by atoms with Crippen LogP contribution in [-0.2, 0) is 9.84 Å². The van der Waals surface area contributed by atoms with E-state index >= 15 is 0 Å². The van der Waals surface area contributed by atoms with E-state index < -0.39 is 15.6 Å². The molecular formula is C12H15ClF2O2S. The Morgan fingerprint density at radius 2 is 1.72 bits per heavy atom. The van der Waals surface area contributed by atoms with Gasteiger partial charge in [-0.3, -0.25) is 0 Å². The quantitative estimate of drug-likeness (QED) is 0.774. The second kappa shape index (κ2) is 5.97. The molecule has 0 fully saturated rings. The number of hydrogen-bond donors (Lipinski definition) is 0. The normalized spacial score (nSPS) is 15.7. The third-order valence-corrected chi connectivity index (χ3v) is 4.57. The topological polar surface area (TPSA) is 34.1 Å². The van der Waals surface area contributed by atoms with Gasteiger partial charge in [0.25, 0.3) is 0 Å². The van der Waals surface area contributed by atoms with Crippen molar-refractivity contribution in [1.29, 1.82) is 0 Å². The van der Waals surface area contributed by atoms with E-state index in [0.717, 1.165) is 12.0 Å². The Balaban J connectivity index is 3.07. The molecule has 6 heteroatoms. The summed E-state index contributed by atoms with van der Waals surface area (Å²) in [4.78, 5) is -0.363. The van der Waals surface area contributed by atoms with Gasteiger partial charge in [-0.25, -0.2) is 8.42 Å². The fourth-order valence-electron chi connectivity index (χ4n) is 1.83. The lowest BCUT2D eigenvalue weighted by atomic mass is 9.94. The Hall–Kier alpha value is -0.680. The maximum atomic E-state index is 12.3. The second-order valence-electron chi connectivity index (χ2n) is 4.07. The fraction of sp³-hybridized carbons (Fsp3) is 0.500. The molecule has 0 amide bonds. The van der Waals surface area contributed by atoms with Crippen LogP contribution in [0.25, 0.3) is 0 Å². The van der Waals surface area contributed by atoms with E-state index in [2.05, 4.69) is 0 Å². The smallest absolute Gasteiger partial charge is 0.218 e. The molecule has 0 aliphatic carbocycles. The molecule has 0 bridgehead atoms. The van der Waals surface area contributed by atoms with Gasteiger partial charge in [-0.05, 0) is 37.0 Å². The first-order valence-corrected chi connectivity index (χ1v) is 7.55. The van der Waals surface area contributed by atoms with Crippen molar-refractivity contribution in [2.24, 2.45) is 0 Å². The molecule has 1 aromatic carbocycles. The van der Waals surface area contributed by atoms with E-state index in [4.69, 9.17) is 11.6 Å². The highest BCUT2D eigenvalue weighted by Gasteiger charge is 2.26. The number of sulfone groups is 1. The van der Waals surface area contributed by atoms with Crippen molar-refractivity contribution >= 4 is 21.4 Å². The molecule has 1 aromatic rings. The number of hydrogen-bond acceptors (Lipinski definition) is 2. The first kappa shape index (κ1) is 15.4. The van der Waals surface area contributed by atoms with Crippen molar-refractivity contribution in [3.8, 4) is 0 Å². The minimum atomic E-state index is -4.51. The molecule has 0 aliphatic heterocycles. The third kappa shape index (κ3) is 3.20. The molecule has 0 aromatic heterocycles. The van der Waals surface area contributed by atoms with Gasteiger partial charge in [0, 0.05) is 5.38 Å².